The Bertz CT molecular complexity index is 1030. The van der Waals surface area contributed by atoms with Gasteiger partial charge in [-0.15, -0.1) is 0 Å². The van der Waals surface area contributed by atoms with E-state index in [1.54, 1.807) is 20.0 Å². The van der Waals surface area contributed by atoms with Crippen LogP contribution >= 0.6 is 0 Å². The molecule has 0 spiro atoms. The third kappa shape index (κ3) is 6.37. The number of pyridine rings is 1. The molecule has 9 heteroatoms. The number of rotatable bonds is 10. The number of sulfonamides is 1. The van der Waals surface area contributed by atoms with E-state index in [4.69, 9.17) is 0 Å². The predicted octanol–water partition coefficient (Wildman–Crippen LogP) is 2.49. The average Bonchev–Trinajstić information content (AvgIpc) is 2.77. The van der Waals surface area contributed by atoms with Crippen molar-refractivity contribution in [3.05, 3.63) is 59.4 Å². The maximum atomic E-state index is 12.9. The van der Waals surface area contributed by atoms with Gasteiger partial charge in [-0.3, -0.25) is 14.6 Å². The highest BCUT2D eigenvalue weighted by molar-refractivity contribution is 7.89. The zero-order valence-electron chi connectivity index (χ0n) is 19.3. The van der Waals surface area contributed by atoms with Crippen molar-refractivity contribution < 1.29 is 18.0 Å². The van der Waals surface area contributed by atoms with Crippen molar-refractivity contribution in [3.63, 3.8) is 0 Å². The average molecular weight is 461 g/mol. The molecule has 2 rings (SSSR count). The van der Waals surface area contributed by atoms with E-state index in [1.807, 2.05) is 32.9 Å². The lowest BCUT2D eigenvalue weighted by molar-refractivity contribution is -0.124. The number of hydrogen-bond donors (Lipinski definition) is 2. The van der Waals surface area contributed by atoms with E-state index in [-0.39, 0.29) is 22.3 Å². The van der Waals surface area contributed by atoms with Crippen LogP contribution in [-0.4, -0.2) is 48.7 Å². The summed E-state index contributed by atoms with van der Waals surface area (Å²) in [5, 5.41) is 5.56. The molecule has 0 aliphatic heterocycles. The molecule has 2 amide bonds. The second-order valence-electron chi connectivity index (χ2n) is 7.84. The highest BCUT2D eigenvalue weighted by Gasteiger charge is 2.26. The Morgan fingerprint density at radius 3 is 2.34 bits per heavy atom. The SMILES string of the molecule is CCN(CC)S(=O)(=O)c1cccc(C(=O)NC(C(=O)NCc2ccc(C)nc2)C(C)C)c1. The molecule has 32 heavy (non-hydrogen) atoms. The quantitative estimate of drug-likeness (QED) is 0.566. The van der Waals surface area contributed by atoms with E-state index in [2.05, 4.69) is 15.6 Å². The van der Waals surface area contributed by atoms with E-state index in [0.717, 1.165) is 11.3 Å². The van der Waals surface area contributed by atoms with Crippen molar-refractivity contribution in [2.24, 2.45) is 5.92 Å². The molecule has 0 aliphatic carbocycles. The molecule has 0 bridgehead atoms. The van der Waals surface area contributed by atoms with Gasteiger partial charge in [0.1, 0.15) is 6.04 Å². The number of aryl methyl sites for hydroxylation is 1. The van der Waals surface area contributed by atoms with E-state index in [0.29, 0.717) is 19.6 Å². The molecule has 0 fully saturated rings. The number of amides is 2. The lowest BCUT2D eigenvalue weighted by atomic mass is 10.0. The van der Waals surface area contributed by atoms with Crippen molar-refractivity contribution in [1.29, 1.82) is 0 Å². The standard InChI is InChI=1S/C23H32N4O4S/c1-6-27(7-2)32(30,31)20-10-8-9-19(13-20)22(28)26-21(16(3)4)23(29)25-15-18-12-11-17(5)24-14-18/h8-14,16,21H,6-7,15H2,1-5H3,(H,25,29)(H,26,28). The second-order valence-corrected chi connectivity index (χ2v) is 9.78. The summed E-state index contributed by atoms with van der Waals surface area (Å²) in [6.07, 6.45) is 1.69. The van der Waals surface area contributed by atoms with Crippen molar-refractivity contribution in [2.75, 3.05) is 13.1 Å². The molecule has 1 heterocycles. The van der Waals surface area contributed by atoms with Crippen molar-refractivity contribution in [3.8, 4) is 0 Å². The topological polar surface area (TPSA) is 108 Å². The van der Waals surface area contributed by atoms with Gasteiger partial charge in [-0.1, -0.05) is 39.8 Å². The fourth-order valence-corrected chi connectivity index (χ4v) is 4.68. The van der Waals surface area contributed by atoms with Crippen LogP contribution < -0.4 is 10.6 Å². The fourth-order valence-electron chi connectivity index (χ4n) is 3.17. The lowest BCUT2D eigenvalue weighted by Crippen LogP contribution is -2.49. The van der Waals surface area contributed by atoms with Crippen LogP contribution in [0.5, 0.6) is 0 Å². The predicted molar refractivity (Wildman–Crippen MR) is 123 cm³/mol. The minimum atomic E-state index is -3.69. The Balaban J connectivity index is 2.14. The Labute approximate surface area is 190 Å². The van der Waals surface area contributed by atoms with Gasteiger partial charge in [0.05, 0.1) is 4.90 Å². The minimum Gasteiger partial charge on any atom is -0.350 e. The highest BCUT2D eigenvalue weighted by Crippen LogP contribution is 2.17. The summed E-state index contributed by atoms with van der Waals surface area (Å²) in [5.41, 5.74) is 1.92. The van der Waals surface area contributed by atoms with Crippen molar-refractivity contribution in [2.45, 2.75) is 52.1 Å². The van der Waals surface area contributed by atoms with E-state index in [9.17, 15) is 18.0 Å². The van der Waals surface area contributed by atoms with Gasteiger partial charge in [-0.25, -0.2) is 8.42 Å². The summed E-state index contributed by atoms with van der Waals surface area (Å²) in [5.74, 6) is -0.994. The molecule has 0 saturated carbocycles. The summed E-state index contributed by atoms with van der Waals surface area (Å²) in [6.45, 7) is 10.0. The van der Waals surface area contributed by atoms with Crippen molar-refractivity contribution in [1.82, 2.24) is 19.9 Å². The fraction of sp³-hybridized carbons (Fsp3) is 0.435. The molecule has 8 nitrogen and oxygen atoms in total. The number of nitrogens with one attached hydrogen (secondary N) is 2. The third-order valence-electron chi connectivity index (χ3n) is 5.11. The minimum absolute atomic E-state index is 0.0475. The van der Waals surface area contributed by atoms with Crippen LogP contribution in [0.15, 0.2) is 47.5 Å². The van der Waals surface area contributed by atoms with Gasteiger partial charge in [-0.2, -0.15) is 4.31 Å². The molecule has 1 aromatic carbocycles. The third-order valence-corrected chi connectivity index (χ3v) is 7.16. The number of benzene rings is 1. The van der Waals surface area contributed by atoms with Gasteiger partial charge in [0.2, 0.25) is 15.9 Å². The highest BCUT2D eigenvalue weighted by atomic mass is 32.2. The van der Waals surface area contributed by atoms with Gasteiger partial charge in [0.15, 0.2) is 0 Å². The number of aromatic nitrogens is 1. The summed E-state index contributed by atoms with van der Waals surface area (Å²) < 4.78 is 26.9. The van der Waals surface area contributed by atoms with Crippen LogP contribution in [0.1, 0.15) is 49.3 Å². The molecule has 1 atom stereocenters. The Morgan fingerprint density at radius 2 is 1.78 bits per heavy atom. The maximum Gasteiger partial charge on any atom is 0.251 e. The normalized spacial score (nSPS) is 12.6. The number of carbonyl (C=O) groups excluding carboxylic acids is 2. The van der Waals surface area contributed by atoms with E-state index in [1.165, 1.54) is 28.6 Å². The molecule has 174 valence electrons. The van der Waals surface area contributed by atoms with Crippen LogP contribution in [0.2, 0.25) is 0 Å². The molecular formula is C23H32N4O4S. The molecule has 2 aromatic rings. The number of carbonyl (C=O) groups is 2. The first kappa shape index (κ1) is 25.5. The summed E-state index contributed by atoms with van der Waals surface area (Å²) in [7, 11) is -3.69. The molecular weight excluding hydrogens is 428 g/mol. The number of nitrogens with zero attached hydrogens (tertiary/aromatic N) is 2. The maximum absolute atomic E-state index is 12.9. The van der Waals surface area contributed by atoms with Gasteiger partial charge >= 0.3 is 0 Å². The van der Waals surface area contributed by atoms with Gasteiger partial charge in [0.25, 0.3) is 5.91 Å². The first-order valence-corrected chi connectivity index (χ1v) is 12.1. The van der Waals surface area contributed by atoms with Crippen LogP contribution in [0.3, 0.4) is 0 Å². The lowest BCUT2D eigenvalue weighted by Gasteiger charge is -2.22. The zero-order valence-corrected chi connectivity index (χ0v) is 20.1. The van der Waals surface area contributed by atoms with Gasteiger partial charge < -0.3 is 10.6 Å². The summed E-state index contributed by atoms with van der Waals surface area (Å²) >= 11 is 0. The van der Waals surface area contributed by atoms with Crippen LogP contribution in [0.4, 0.5) is 0 Å². The van der Waals surface area contributed by atoms with Crippen LogP contribution in [-0.2, 0) is 21.4 Å². The molecule has 1 aromatic heterocycles. The smallest absolute Gasteiger partial charge is 0.251 e. The van der Waals surface area contributed by atoms with E-state index >= 15 is 0 Å². The van der Waals surface area contributed by atoms with Crippen LogP contribution in [0.25, 0.3) is 0 Å². The molecule has 2 N–H and O–H groups in total. The zero-order chi connectivity index (χ0) is 23.9. The molecule has 0 saturated heterocycles. The van der Waals surface area contributed by atoms with Crippen molar-refractivity contribution >= 4 is 21.8 Å². The molecule has 0 aliphatic rings. The Kier molecular flexibility index (Phi) is 8.91. The summed E-state index contributed by atoms with van der Waals surface area (Å²) in [6, 6.07) is 8.84. The number of hydrogen-bond acceptors (Lipinski definition) is 5. The van der Waals surface area contributed by atoms with E-state index < -0.39 is 22.0 Å². The Hall–Kier alpha value is -2.78. The molecule has 0 radical (unpaired) electrons. The van der Waals surface area contributed by atoms with Gasteiger partial charge in [-0.05, 0) is 42.7 Å². The second kappa shape index (κ2) is 11.2. The molecule has 1 unspecified atom stereocenters. The monoisotopic (exact) mass is 460 g/mol. The van der Waals surface area contributed by atoms with Crippen LogP contribution in [0, 0.1) is 12.8 Å². The van der Waals surface area contributed by atoms with Gasteiger partial charge in [0, 0.05) is 37.1 Å². The first-order chi connectivity index (χ1) is 15.1. The summed E-state index contributed by atoms with van der Waals surface area (Å²) in [4.78, 5) is 29.8. The Morgan fingerprint density at radius 1 is 1.09 bits per heavy atom. The largest absolute Gasteiger partial charge is 0.350 e. The first-order valence-electron chi connectivity index (χ1n) is 10.7.